The van der Waals surface area contributed by atoms with Crippen LogP contribution in [0.15, 0.2) is 48.5 Å². The lowest BCUT2D eigenvalue weighted by atomic mass is 10.1. The quantitative estimate of drug-likeness (QED) is 0.394. The van der Waals surface area contributed by atoms with Crippen molar-refractivity contribution in [2.45, 2.75) is 6.54 Å². The van der Waals surface area contributed by atoms with Crippen molar-refractivity contribution >= 4 is 17.7 Å². The third-order valence-corrected chi connectivity index (χ3v) is 4.04. The molecule has 2 rings (SSSR count). The third-order valence-electron chi connectivity index (χ3n) is 4.04. The van der Waals surface area contributed by atoms with Crippen molar-refractivity contribution in [1.82, 2.24) is 9.80 Å². The van der Waals surface area contributed by atoms with Gasteiger partial charge in [0.1, 0.15) is 11.6 Å². The molecule has 1 amide bonds. The lowest BCUT2D eigenvalue weighted by molar-refractivity contribution is -0.385. The van der Waals surface area contributed by atoms with Gasteiger partial charge in [0.2, 0.25) is 5.91 Å². The number of likely N-dealkylation sites (N-methyl/N-ethyl adjacent to an activating group) is 1. The highest BCUT2D eigenvalue weighted by Gasteiger charge is 2.16. The average molecular weight is 389 g/mol. The average Bonchev–Trinajstić information content (AvgIpc) is 2.64. The maximum absolute atomic E-state index is 14.0. The van der Waals surface area contributed by atoms with Gasteiger partial charge in [-0.15, -0.1) is 0 Å². The molecule has 0 aliphatic rings. The van der Waals surface area contributed by atoms with Gasteiger partial charge in [0.15, 0.2) is 0 Å². The second kappa shape index (κ2) is 9.70. The minimum Gasteiger partial charge on any atom is -0.333 e. The zero-order chi connectivity index (χ0) is 20.7. The molecule has 0 N–H and O–H groups in total. The highest BCUT2D eigenvalue weighted by atomic mass is 19.1. The molecule has 0 unspecified atom stereocenters. The predicted octanol–water partition coefficient (Wildman–Crippen LogP) is 3.48. The maximum Gasteiger partial charge on any atom is 0.276 e. The Morgan fingerprint density at radius 3 is 2.50 bits per heavy atom. The van der Waals surface area contributed by atoms with Gasteiger partial charge in [0.05, 0.1) is 10.5 Å². The number of carbonyl (C=O) groups is 1. The van der Waals surface area contributed by atoms with Crippen molar-refractivity contribution in [1.29, 1.82) is 0 Å². The molecular weight excluding hydrogens is 368 g/mol. The Morgan fingerprint density at radius 1 is 1.14 bits per heavy atom. The summed E-state index contributed by atoms with van der Waals surface area (Å²) < 4.78 is 27.1. The van der Waals surface area contributed by atoms with Crippen LogP contribution in [-0.4, -0.2) is 47.8 Å². The molecule has 0 aliphatic carbocycles. The molecule has 0 aromatic heterocycles. The van der Waals surface area contributed by atoms with E-state index in [-0.39, 0.29) is 17.8 Å². The number of amides is 1. The monoisotopic (exact) mass is 389 g/mol. The summed E-state index contributed by atoms with van der Waals surface area (Å²) in [5.41, 5.74) is 0.366. The fraction of sp³-hybridized carbons (Fsp3) is 0.250. The number of hydrogen-bond donors (Lipinski definition) is 0. The Morgan fingerprint density at radius 2 is 1.86 bits per heavy atom. The van der Waals surface area contributed by atoms with E-state index in [2.05, 4.69) is 0 Å². The van der Waals surface area contributed by atoms with Crippen molar-refractivity contribution in [2.24, 2.45) is 0 Å². The first-order valence-electron chi connectivity index (χ1n) is 8.57. The maximum atomic E-state index is 14.0. The lowest BCUT2D eigenvalue weighted by Gasteiger charge is -2.23. The van der Waals surface area contributed by atoms with Crippen LogP contribution in [-0.2, 0) is 11.3 Å². The first kappa shape index (κ1) is 21.2. The van der Waals surface area contributed by atoms with Crippen LogP contribution >= 0.6 is 0 Å². The first-order valence-corrected chi connectivity index (χ1v) is 8.57. The molecule has 2 aromatic carbocycles. The van der Waals surface area contributed by atoms with Gasteiger partial charge >= 0.3 is 0 Å². The van der Waals surface area contributed by atoms with Gasteiger partial charge in [0, 0.05) is 43.4 Å². The normalized spacial score (nSPS) is 11.2. The van der Waals surface area contributed by atoms with E-state index < -0.39 is 22.5 Å². The Bertz CT molecular complexity index is 885. The second-order valence-electron chi connectivity index (χ2n) is 6.45. The van der Waals surface area contributed by atoms with Crippen molar-refractivity contribution in [2.75, 3.05) is 27.2 Å². The van der Waals surface area contributed by atoms with Crippen LogP contribution < -0.4 is 0 Å². The number of halogens is 2. The Balaban J connectivity index is 2.22. The number of rotatable bonds is 8. The minimum absolute atomic E-state index is 0.0417. The Kier molecular flexibility index (Phi) is 7.34. The lowest BCUT2D eigenvalue weighted by Crippen LogP contribution is -2.35. The number of carbonyl (C=O) groups excluding carboxylic acids is 1. The molecule has 0 saturated heterocycles. The van der Waals surface area contributed by atoms with Crippen LogP contribution in [0.2, 0.25) is 0 Å². The molecule has 28 heavy (non-hydrogen) atoms. The van der Waals surface area contributed by atoms with Crippen LogP contribution in [0.1, 0.15) is 11.1 Å². The summed E-state index contributed by atoms with van der Waals surface area (Å²) in [5.74, 6) is -1.85. The largest absolute Gasteiger partial charge is 0.333 e. The van der Waals surface area contributed by atoms with E-state index in [4.69, 9.17) is 0 Å². The van der Waals surface area contributed by atoms with Crippen molar-refractivity contribution < 1.29 is 18.5 Å². The third kappa shape index (κ3) is 5.95. The molecule has 0 saturated carbocycles. The van der Waals surface area contributed by atoms with Gasteiger partial charge < -0.3 is 9.80 Å². The van der Waals surface area contributed by atoms with E-state index in [1.807, 2.05) is 19.0 Å². The van der Waals surface area contributed by atoms with Gasteiger partial charge in [0.25, 0.3) is 5.69 Å². The van der Waals surface area contributed by atoms with E-state index in [1.165, 1.54) is 41.3 Å². The standard InChI is InChI=1S/C20H21F2N3O3/c1-23(2)11-12-24(14-16-7-9-17(21)13-18(16)22)20(26)10-8-15-5-3-4-6-19(15)25(27)28/h3-10,13H,11-12,14H2,1-2H3. The van der Waals surface area contributed by atoms with Gasteiger partial charge in [-0.2, -0.15) is 0 Å². The summed E-state index contributed by atoms with van der Waals surface area (Å²) >= 11 is 0. The van der Waals surface area contributed by atoms with Crippen LogP contribution in [0.3, 0.4) is 0 Å². The van der Waals surface area contributed by atoms with E-state index in [1.54, 1.807) is 6.07 Å². The second-order valence-corrected chi connectivity index (χ2v) is 6.45. The summed E-state index contributed by atoms with van der Waals surface area (Å²) in [6, 6.07) is 9.26. The number of nitro groups is 1. The molecule has 2 aromatic rings. The summed E-state index contributed by atoms with van der Waals surface area (Å²) in [4.78, 5) is 26.5. The van der Waals surface area contributed by atoms with Crippen LogP contribution in [0, 0.1) is 21.7 Å². The zero-order valence-corrected chi connectivity index (χ0v) is 15.6. The highest BCUT2D eigenvalue weighted by Crippen LogP contribution is 2.19. The topological polar surface area (TPSA) is 66.7 Å². The highest BCUT2D eigenvalue weighted by molar-refractivity contribution is 5.92. The van der Waals surface area contributed by atoms with Crippen molar-refractivity contribution in [3.8, 4) is 0 Å². The van der Waals surface area contributed by atoms with Crippen LogP contribution in [0.5, 0.6) is 0 Å². The van der Waals surface area contributed by atoms with Crippen LogP contribution in [0.25, 0.3) is 6.08 Å². The first-order chi connectivity index (χ1) is 13.3. The molecular formula is C20H21F2N3O3. The molecule has 0 atom stereocenters. The number of hydrogen-bond acceptors (Lipinski definition) is 4. The van der Waals surface area contributed by atoms with Gasteiger partial charge in [-0.3, -0.25) is 14.9 Å². The molecule has 0 spiro atoms. The number of benzene rings is 2. The number of nitrogens with zero attached hydrogens (tertiary/aromatic N) is 3. The fourth-order valence-electron chi connectivity index (χ4n) is 2.50. The van der Waals surface area contributed by atoms with Gasteiger partial charge in [-0.1, -0.05) is 18.2 Å². The molecule has 6 nitrogen and oxygen atoms in total. The molecule has 0 fully saturated rings. The zero-order valence-electron chi connectivity index (χ0n) is 15.6. The smallest absolute Gasteiger partial charge is 0.276 e. The predicted molar refractivity (Wildman–Crippen MR) is 102 cm³/mol. The summed E-state index contributed by atoms with van der Waals surface area (Å²) in [6.45, 7) is 0.803. The number of para-hydroxylation sites is 1. The Labute approximate surface area is 161 Å². The van der Waals surface area contributed by atoms with Gasteiger partial charge in [-0.05, 0) is 32.3 Å². The fourth-order valence-corrected chi connectivity index (χ4v) is 2.50. The number of nitro benzene ring substituents is 1. The molecule has 8 heteroatoms. The Hall–Kier alpha value is -3.13. The molecule has 0 heterocycles. The molecule has 0 bridgehead atoms. The summed E-state index contributed by atoms with van der Waals surface area (Å²) in [5, 5.41) is 11.1. The van der Waals surface area contributed by atoms with Crippen molar-refractivity contribution in [3.05, 3.63) is 81.4 Å². The van der Waals surface area contributed by atoms with E-state index in [0.717, 1.165) is 12.1 Å². The van der Waals surface area contributed by atoms with Crippen LogP contribution in [0.4, 0.5) is 14.5 Å². The molecule has 0 aliphatic heterocycles. The van der Waals surface area contributed by atoms with Crippen molar-refractivity contribution in [3.63, 3.8) is 0 Å². The summed E-state index contributed by atoms with van der Waals surface area (Å²) in [6.07, 6.45) is 2.59. The van der Waals surface area contributed by atoms with E-state index in [9.17, 15) is 23.7 Å². The van der Waals surface area contributed by atoms with E-state index >= 15 is 0 Å². The van der Waals surface area contributed by atoms with Gasteiger partial charge in [-0.25, -0.2) is 8.78 Å². The summed E-state index contributed by atoms with van der Waals surface area (Å²) in [7, 11) is 3.68. The molecule has 148 valence electrons. The SMILES string of the molecule is CN(C)CCN(Cc1ccc(F)cc1F)C(=O)C=Cc1ccccc1[N+](=O)[O-]. The minimum atomic E-state index is -0.731. The molecule has 0 radical (unpaired) electrons. The van der Waals surface area contributed by atoms with E-state index in [0.29, 0.717) is 18.7 Å².